The van der Waals surface area contributed by atoms with E-state index >= 15 is 0 Å². The molecule has 14 heavy (non-hydrogen) atoms. The van der Waals surface area contributed by atoms with Crippen molar-refractivity contribution in [2.45, 2.75) is 0 Å². The number of hydrogen-bond donors (Lipinski definition) is 0. The predicted molar refractivity (Wildman–Crippen MR) is 51.1 cm³/mol. The van der Waals surface area contributed by atoms with Crippen molar-refractivity contribution in [2.24, 2.45) is 0 Å². The van der Waals surface area contributed by atoms with E-state index in [1.54, 1.807) is 29.1 Å². The minimum absolute atomic E-state index is 0.305. The molecule has 0 aromatic carbocycles. The molecule has 0 aliphatic rings. The third kappa shape index (κ3) is 1.45. The van der Waals surface area contributed by atoms with Gasteiger partial charge in [-0.15, -0.1) is 0 Å². The van der Waals surface area contributed by atoms with Gasteiger partial charge in [0.1, 0.15) is 11.9 Å². The van der Waals surface area contributed by atoms with Crippen molar-refractivity contribution in [2.75, 3.05) is 0 Å². The van der Waals surface area contributed by atoms with E-state index in [0.29, 0.717) is 16.7 Å². The maximum Gasteiger partial charge on any atom is 0.218 e. The first kappa shape index (κ1) is 8.73. The maximum absolute atomic E-state index is 8.74. The maximum atomic E-state index is 8.74. The lowest BCUT2D eigenvalue weighted by Gasteiger charge is -2.01. The fourth-order valence-corrected chi connectivity index (χ4v) is 1.19. The van der Waals surface area contributed by atoms with E-state index in [-0.39, 0.29) is 0 Å². The smallest absolute Gasteiger partial charge is 0.218 e. The van der Waals surface area contributed by atoms with Crippen molar-refractivity contribution in [3.63, 3.8) is 0 Å². The van der Waals surface area contributed by atoms with Gasteiger partial charge in [-0.25, -0.2) is 9.97 Å². The van der Waals surface area contributed by atoms with Gasteiger partial charge in [-0.3, -0.25) is 4.57 Å². The summed E-state index contributed by atoms with van der Waals surface area (Å²) in [5, 5.41) is 9.30. The number of pyridine rings is 1. The predicted octanol–water partition coefficient (Wildman–Crippen LogP) is 1.79. The Bertz CT molecular complexity index is 480. The molecule has 0 aliphatic heterocycles. The lowest BCUT2D eigenvalue weighted by Crippen LogP contribution is -1.98. The Balaban J connectivity index is 2.50. The zero-order valence-corrected chi connectivity index (χ0v) is 7.81. The van der Waals surface area contributed by atoms with Crippen LogP contribution in [0.25, 0.3) is 5.82 Å². The number of rotatable bonds is 1. The lowest BCUT2D eigenvalue weighted by molar-refractivity contribution is 0.967. The molecule has 2 rings (SSSR count). The first-order valence-corrected chi connectivity index (χ1v) is 4.24. The van der Waals surface area contributed by atoms with Gasteiger partial charge < -0.3 is 0 Å². The molecular weight excluding hydrogens is 200 g/mol. The zero-order valence-electron chi connectivity index (χ0n) is 7.05. The van der Waals surface area contributed by atoms with Crippen molar-refractivity contribution in [1.29, 1.82) is 5.26 Å². The normalized spacial score (nSPS) is 9.71. The fourth-order valence-electron chi connectivity index (χ4n) is 1.08. The van der Waals surface area contributed by atoms with Crippen LogP contribution in [0.5, 0.6) is 0 Å². The van der Waals surface area contributed by atoms with Crippen molar-refractivity contribution >= 4 is 11.6 Å². The highest BCUT2D eigenvalue weighted by Crippen LogP contribution is 2.10. The van der Waals surface area contributed by atoms with Crippen LogP contribution in [0.2, 0.25) is 5.02 Å². The van der Waals surface area contributed by atoms with E-state index in [4.69, 9.17) is 16.9 Å². The van der Waals surface area contributed by atoms with Gasteiger partial charge in [0.2, 0.25) is 5.82 Å². The molecule has 0 N–H and O–H groups in total. The topological polar surface area (TPSA) is 54.5 Å². The first-order chi connectivity index (χ1) is 6.81. The summed E-state index contributed by atoms with van der Waals surface area (Å²) in [6.07, 6.45) is 4.75. The first-order valence-electron chi connectivity index (χ1n) is 3.86. The van der Waals surface area contributed by atoms with Gasteiger partial charge in [-0.1, -0.05) is 11.6 Å². The van der Waals surface area contributed by atoms with Gasteiger partial charge in [-0.2, -0.15) is 5.26 Å². The van der Waals surface area contributed by atoms with Crippen LogP contribution in [0, 0.1) is 11.3 Å². The van der Waals surface area contributed by atoms with Crippen molar-refractivity contribution < 1.29 is 0 Å². The summed E-state index contributed by atoms with van der Waals surface area (Å²) < 4.78 is 1.59. The molecule has 0 atom stereocenters. The standard InChI is InChI=1S/C9H5ClN4/c10-7-1-2-8(13-6-7)14-4-3-12-9(14)5-11/h1-4,6H. The second kappa shape index (κ2) is 3.48. The van der Waals surface area contributed by atoms with E-state index in [9.17, 15) is 0 Å². The summed E-state index contributed by atoms with van der Waals surface area (Å²) in [5.41, 5.74) is 0. The molecular formula is C9H5ClN4. The van der Waals surface area contributed by atoms with Gasteiger partial charge in [0.05, 0.1) is 5.02 Å². The van der Waals surface area contributed by atoms with Gasteiger partial charge in [-0.05, 0) is 12.1 Å². The summed E-state index contributed by atoms with van der Waals surface area (Å²) >= 11 is 5.69. The number of halogens is 1. The van der Waals surface area contributed by atoms with Crippen LogP contribution in [0.4, 0.5) is 0 Å². The molecule has 0 bridgehead atoms. The van der Waals surface area contributed by atoms with E-state index in [0.717, 1.165) is 0 Å². The lowest BCUT2D eigenvalue weighted by atomic mass is 10.4. The highest BCUT2D eigenvalue weighted by molar-refractivity contribution is 6.30. The SMILES string of the molecule is N#Cc1nccn1-c1ccc(Cl)cn1. The Morgan fingerprint density at radius 1 is 1.36 bits per heavy atom. The Hall–Kier alpha value is -1.86. The third-order valence-electron chi connectivity index (χ3n) is 1.70. The van der Waals surface area contributed by atoms with Crippen LogP contribution in [-0.2, 0) is 0 Å². The number of hydrogen-bond acceptors (Lipinski definition) is 3. The Morgan fingerprint density at radius 2 is 2.21 bits per heavy atom. The molecule has 2 aromatic heterocycles. The molecule has 0 amide bonds. The zero-order chi connectivity index (χ0) is 9.97. The van der Waals surface area contributed by atoms with Crippen LogP contribution in [-0.4, -0.2) is 14.5 Å². The highest BCUT2D eigenvalue weighted by Gasteiger charge is 2.03. The van der Waals surface area contributed by atoms with Gasteiger partial charge in [0.15, 0.2) is 0 Å². The van der Waals surface area contributed by atoms with Crippen LogP contribution in [0.3, 0.4) is 0 Å². The van der Waals surface area contributed by atoms with Crippen LogP contribution >= 0.6 is 11.6 Å². The summed E-state index contributed by atoms with van der Waals surface area (Å²) in [5.74, 6) is 0.934. The quantitative estimate of drug-likeness (QED) is 0.712. The van der Waals surface area contributed by atoms with E-state index in [1.807, 2.05) is 6.07 Å². The minimum Gasteiger partial charge on any atom is -0.275 e. The van der Waals surface area contributed by atoms with E-state index < -0.39 is 0 Å². The average Bonchev–Trinajstić information content (AvgIpc) is 2.67. The Kier molecular flexibility index (Phi) is 2.17. The summed E-state index contributed by atoms with van der Waals surface area (Å²) in [4.78, 5) is 7.93. The molecule has 0 unspecified atom stereocenters. The van der Waals surface area contributed by atoms with E-state index in [2.05, 4.69) is 9.97 Å². The Labute approximate surface area is 85.4 Å². The molecule has 0 saturated carbocycles. The van der Waals surface area contributed by atoms with Crippen LogP contribution < -0.4 is 0 Å². The van der Waals surface area contributed by atoms with Crippen molar-refractivity contribution in [3.05, 3.63) is 41.6 Å². The van der Waals surface area contributed by atoms with E-state index in [1.165, 1.54) is 6.20 Å². The minimum atomic E-state index is 0.305. The van der Waals surface area contributed by atoms with Crippen LogP contribution in [0.15, 0.2) is 30.7 Å². The Morgan fingerprint density at radius 3 is 2.86 bits per heavy atom. The van der Waals surface area contributed by atoms with Gasteiger partial charge in [0, 0.05) is 18.6 Å². The number of nitriles is 1. The molecule has 0 fully saturated rings. The number of nitrogens with zero attached hydrogens (tertiary/aromatic N) is 4. The average molecular weight is 205 g/mol. The molecule has 68 valence electrons. The molecule has 0 aliphatic carbocycles. The second-order valence-electron chi connectivity index (χ2n) is 2.57. The summed E-state index contributed by atoms with van der Waals surface area (Å²) in [7, 11) is 0. The largest absolute Gasteiger partial charge is 0.275 e. The summed E-state index contributed by atoms with van der Waals surface area (Å²) in [6, 6.07) is 5.41. The van der Waals surface area contributed by atoms with Crippen LogP contribution in [0.1, 0.15) is 5.82 Å². The number of aromatic nitrogens is 3. The van der Waals surface area contributed by atoms with Gasteiger partial charge in [0.25, 0.3) is 0 Å². The number of imidazole rings is 1. The van der Waals surface area contributed by atoms with Crippen molar-refractivity contribution in [3.8, 4) is 11.9 Å². The molecule has 4 nitrogen and oxygen atoms in total. The molecule has 0 spiro atoms. The second-order valence-corrected chi connectivity index (χ2v) is 3.00. The summed E-state index contributed by atoms with van der Waals surface area (Å²) in [6.45, 7) is 0. The molecule has 2 heterocycles. The van der Waals surface area contributed by atoms with Crippen molar-refractivity contribution in [1.82, 2.24) is 14.5 Å². The molecule has 0 radical (unpaired) electrons. The van der Waals surface area contributed by atoms with Gasteiger partial charge >= 0.3 is 0 Å². The molecule has 2 aromatic rings. The molecule has 5 heteroatoms. The third-order valence-corrected chi connectivity index (χ3v) is 1.92. The monoisotopic (exact) mass is 204 g/mol. The fraction of sp³-hybridized carbons (Fsp3) is 0. The highest BCUT2D eigenvalue weighted by atomic mass is 35.5. The molecule has 0 saturated heterocycles.